The van der Waals surface area contributed by atoms with Gasteiger partial charge in [-0.1, -0.05) is 42.5 Å². The molecule has 0 aliphatic carbocycles. The number of pyridine rings is 1. The van der Waals surface area contributed by atoms with E-state index in [1.807, 2.05) is 43.5 Å². The molecule has 4 aromatic rings. The predicted molar refractivity (Wildman–Crippen MR) is 101 cm³/mol. The normalized spacial score (nSPS) is 10.8. The van der Waals surface area contributed by atoms with E-state index in [0.717, 1.165) is 28.1 Å². The molecule has 0 atom stereocenters. The van der Waals surface area contributed by atoms with Crippen LogP contribution in [0.3, 0.4) is 0 Å². The number of para-hydroxylation sites is 1. The highest BCUT2D eigenvalue weighted by molar-refractivity contribution is 5.88. The summed E-state index contributed by atoms with van der Waals surface area (Å²) in [5, 5.41) is 4.48. The molecule has 1 N–H and O–H groups in total. The van der Waals surface area contributed by atoms with E-state index in [4.69, 9.17) is 0 Å². The molecule has 0 fully saturated rings. The van der Waals surface area contributed by atoms with Crippen molar-refractivity contribution < 1.29 is 0 Å². The molecule has 4 nitrogen and oxygen atoms in total. The van der Waals surface area contributed by atoms with Crippen LogP contribution >= 0.6 is 0 Å². The maximum absolute atomic E-state index is 4.55. The first-order valence-electron chi connectivity index (χ1n) is 8.26. The van der Waals surface area contributed by atoms with Gasteiger partial charge in [0.1, 0.15) is 11.6 Å². The highest BCUT2D eigenvalue weighted by Gasteiger charge is 2.05. The number of rotatable bonds is 4. The summed E-state index contributed by atoms with van der Waals surface area (Å²) >= 11 is 0. The lowest BCUT2D eigenvalue weighted by atomic mass is 10.1. The summed E-state index contributed by atoms with van der Waals surface area (Å²) in [6, 6.07) is 20.6. The maximum Gasteiger partial charge on any atom is 0.137 e. The van der Waals surface area contributed by atoms with Gasteiger partial charge >= 0.3 is 0 Å². The summed E-state index contributed by atoms with van der Waals surface area (Å²) in [5.74, 6) is 1.65. The number of aryl methyl sites for hydroxylation is 1. The van der Waals surface area contributed by atoms with Gasteiger partial charge in [-0.3, -0.25) is 4.98 Å². The van der Waals surface area contributed by atoms with Crippen molar-refractivity contribution in [2.45, 2.75) is 13.5 Å². The van der Waals surface area contributed by atoms with Crippen molar-refractivity contribution in [3.63, 3.8) is 0 Å². The lowest BCUT2D eigenvalue weighted by Gasteiger charge is -2.10. The number of nitrogens with zero attached hydrogens (tertiary/aromatic N) is 3. The average Bonchev–Trinajstić information content (AvgIpc) is 2.67. The second-order valence-corrected chi connectivity index (χ2v) is 5.93. The maximum atomic E-state index is 4.55. The van der Waals surface area contributed by atoms with E-state index in [9.17, 15) is 0 Å². The van der Waals surface area contributed by atoms with Gasteiger partial charge in [-0.25, -0.2) is 9.97 Å². The molecule has 0 unspecified atom stereocenters. The minimum atomic E-state index is 0.716. The molecule has 0 aliphatic heterocycles. The Hall–Kier alpha value is -3.27. The summed E-state index contributed by atoms with van der Waals surface area (Å²) in [6.07, 6.45) is 3.67. The molecule has 2 aromatic carbocycles. The third kappa shape index (κ3) is 3.33. The molecule has 2 aromatic heterocycles. The summed E-state index contributed by atoms with van der Waals surface area (Å²) in [7, 11) is 0. The lowest BCUT2D eigenvalue weighted by molar-refractivity contribution is 1.05. The summed E-state index contributed by atoms with van der Waals surface area (Å²) in [6.45, 7) is 2.63. The molecule has 122 valence electrons. The zero-order valence-electron chi connectivity index (χ0n) is 14.0. The minimum absolute atomic E-state index is 0.716. The lowest BCUT2D eigenvalue weighted by Crippen LogP contribution is -2.04. The van der Waals surface area contributed by atoms with Crippen LogP contribution in [0.15, 0.2) is 73.1 Å². The van der Waals surface area contributed by atoms with E-state index in [2.05, 4.69) is 50.6 Å². The van der Waals surface area contributed by atoms with Crippen molar-refractivity contribution in [1.82, 2.24) is 15.0 Å². The third-order valence-electron chi connectivity index (χ3n) is 4.12. The number of benzene rings is 2. The molecule has 0 saturated heterocycles. The summed E-state index contributed by atoms with van der Waals surface area (Å²) in [4.78, 5) is 13.2. The number of anilines is 1. The monoisotopic (exact) mass is 326 g/mol. The molecule has 0 bridgehead atoms. The van der Waals surface area contributed by atoms with Gasteiger partial charge < -0.3 is 5.32 Å². The standard InChI is InChI=1S/C21H18N4/c1-15-24-20-7-3-2-6-19(20)21(25-15)23-13-16-8-10-17(11-9-16)18-5-4-12-22-14-18/h2-12,14H,13H2,1H3,(H,23,24,25). The molecule has 25 heavy (non-hydrogen) atoms. The number of aromatic nitrogens is 3. The highest BCUT2D eigenvalue weighted by Crippen LogP contribution is 2.22. The van der Waals surface area contributed by atoms with Gasteiger partial charge in [-0.05, 0) is 41.8 Å². The first-order valence-corrected chi connectivity index (χ1v) is 8.26. The first-order chi connectivity index (χ1) is 12.3. The zero-order valence-corrected chi connectivity index (χ0v) is 14.0. The summed E-state index contributed by atoms with van der Waals surface area (Å²) < 4.78 is 0. The zero-order chi connectivity index (χ0) is 17.1. The Morgan fingerprint density at radius 1 is 0.840 bits per heavy atom. The Morgan fingerprint density at radius 2 is 1.68 bits per heavy atom. The van der Waals surface area contributed by atoms with Gasteiger partial charge in [0.25, 0.3) is 0 Å². The van der Waals surface area contributed by atoms with Crippen LogP contribution in [0, 0.1) is 6.92 Å². The van der Waals surface area contributed by atoms with Gasteiger partial charge in [0.2, 0.25) is 0 Å². The molecule has 0 aliphatic rings. The predicted octanol–water partition coefficient (Wildman–Crippen LogP) is 4.61. The molecule has 4 heteroatoms. The van der Waals surface area contributed by atoms with Crippen molar-refractivity contribution in [3.05, 3.63) is 84.4 Å². The van der Waals surface area contributed by atoms with Crippen molar-refractivity contribution in [2.24, 2.45) is 0 Å². The van der Waals surface area contributed by atoms with E-state index < -0.39 is 0 Å². The van der Waals surface area contributed by atoms with Crippen molar-refractivity contribution >= 4 is 16.7 Å². The quantitative estimate of drug-likeness (QED) is 0.595. The van der Waals surface area contributed by atoms with Gasteiger partial charge in [-0.15, -0.1) is 0 Å². The van der Waals surface area contributed by atoms with E-state index in [-0.39, 0.29) is 0 Å². The fourth-order valence-electron chi connectivity index (χ4n) is 2.86. The van der Waals surface area contributed by atoms with E-state index >= 15 is 0 Å². The molecular weight excluding hydrogens is 308 g/mol. The Balaban J connectivity index is 1.54. The van der Waals surface area contributed by atoms with Crippen LogP contribution in [0.5, 0.6) is 0 Å². The second-order valence-electron chi connectivity index (χ2n) is 5.93. The Labute approximate surface area is 146 Å². The Morgan fingerprint density at radius 3 is 2.48 bits per heavy atom. The van der Waals surface area contributed by atoms with Crippen LogP contribution in [0.25, 0.3) is 22.0 Å². The van der Waals surface area contributed by atoms with Gasteiger partial charge in [0.15, 0.2) is 0 Å². The topological polar surface area (TPSA) is 50.7 Å². The SMILES string of the molecule is Cc1nc(NCc2ccc(-c3cccnc3)cc2)c2ccccc2n1. The number of nitrogens with one attached hydrogen (secondary N) is 1. The second kappa shape index (κ2) is 6.69. The van der Waals surface area contributed by atoms with E-state index in [0.29, 0.717) is 6.54 Å². The molecule has 0 spiro atoms. The molecule has 4 rings (SSSR count). The van der Waals surface area contributed by atoms with Crippen LogP contribution < -0.4 is 5.32 Å². The van der Waals surface area contributed by atoms with Gasteiger partial charge in [0, 0.05) is 24.3 Å². The van der Waals surface area contributed by atoms with Gasteiger partial charge in [0.05, 0.1) is 5.52 Å². The van der Waals surface area contributed by atoms with Crippen LogP contribution in [0.4, 0.5) is 5.82 Å². The van der Waals surface area contributed by atoms with E-state index in [1.165, 1.54) is 11.1 Å². The first kappa shape index (κ1) is 15.3. The summed E-state index contributed by atoms with van der Waals surface area (Å²) in [5.41, 5.74) is 4.46. The molecular formula is C21H18N4. The van der Waals surface area contributed by atoms with Crippen molar-refractivity contribution in [2.75, 3.05) is 5.32 Å². The minimum Gasteiger partial charge on any atom is -0.365 e. The highest BCUT2D eigenvalue weighted by atomic mass is 15.0. The number of hydrogen-bond acceptors (Lipinski definition) is 4. The van der Waals surface area contributed by atoms with Gasteiger partial charge in [-0.2, -0.15) is 0 Å². The van der Waals surface area contributed by atoms with Crippen LogP contribution in [0.2, 0.25) is 0 Å². The molecule has 2 heterocycles. The van der Waals surface area contributed by atoms with Crippen molar-refractivity contribution in [1.29, 1.82) is 0 Å². The molecule has 0 amide bonds. The van der Waals surface area contributed by atoms with Crippen LogP contribution in [-0.4, -0.2) is 15.0 Å². The fourth-order valence-corrected chi connectivity index (χ4v) is 2.86. The Bertz CT molecular complexity index is 995. The van der Waals surface area contributed by atoms with Crippen molar-refractivity contribution in [3.8, 4) is 11.1 Å². The molecule has 0 radical (unpaired) electrons. The largest absolute Gasteiger partial charge is 0.365 e. The average molecular weight is 326 g/mol. The third-order valence-corrected chi connectivity index (χ3v) is 4.12. The molecule has 0 saturated carbocycles. The van der Waals surface area contributed by atoms with Crippen LogP contribution in [-0.2, 0) is 6.54 Å². The Kier molecular flexibility index (Phi) is 4.09. The number of fused-ring (bicyclic) bond motifs is 1. The van der Waals surface area contributed by atoms with Crippen LogP contribution in [0.1, 0.15) is 11.4 Å². The smallest absolute Gasteiger partial charge is 0.137 e. The van der Waals surface area contributed by atoms with E-state index in [1.54, 1.807) is 6.20 Å². The number of hydrogen-bond donors (Lipinski definition) is 1. The fraction of sp³-hybridized carbons (Fsp3) is 0.0952.